The van der Waals surface area contributed by atoms with Gasteiger partial charge in [0.2, 0.25) is 0 Å². The van der Waals surface area contributed by atoms with Crippen LogP contribution in [0.4, 0.5) is 0 Å². The number of hydrogen-bond acceptors (Lipinski definition) is 0. The lowest BCUT2D eigenvalue weighted by molar-refractivity contribution is 0.713. The van der Waals surface area contributed by atoms with Gasteiger partial charge in [-0.05, 0) is 146 Å². The van der Waals surface area contributed by atoms with E-state index < -0.39 is 0 Å². The summed E-state index contributed by atoms with van der Waals surface area (Å²) in [5.74, 6) is 0. The quantitative estimate of drug-likeness (QED) is 0.163. The highest BCUT2D eigenvalue weighted by molar-refractivity contribution is 6.13. The highest BCUT2D eigenvalue weighted by Crippen LogP contribution is 2.56. The molecule has 2 aliphatic carbocycles. The molecule has 0 amide bonds. The van der Waals surface area contributed by atoms with E-state index in [1.54, 1.807) is 0 Å². The lowest BCUT2D eigenvalue weighted by Gasteiger charge is -2.29. The first-order chi connectivity index (χ1) is 33.1. The zero-order valence-corrected chi connectivity index (χ0v) is 42.1. The predicted octanol–water partition coefficient (Wildman–Crippen LogP) is 18.9. The van der Waals surface area contributed by atoms with Gasteiger partial charge in [0.25, 0.3) is 0 Å². The van der Waals surface area contributed by atoms with Crippen molar-refractivity contribution < 1.29 is 0 Å². The van der Waals surface area contributed by atoms with Crippen LogP contribution in [0.5, 0.6) is 0 Å². The number of aromatic nitrogens is 1. The van der Waals surface area contributed by atoms with Gasteiger partial charge in [0, 0.05) is 21.6 Å². The summed E-state index contributed by atoms with van der Waals surface area (Å²) >= 11 is 0. The Labute approximate surface area is 406 Å². The van der Waals surface area contributed by atoms with Gasteiger partial charge in [0.05, 0.1) is 16.7 Å². The van der Waals surface area contributed by atoms with Gasteiger partial charge in [-0.25, -0.2) is 0 Å². The van der Waals surface area contributed by atoms with E-state index in [1.165, 1.54) is 122 Å². The topological polar surface area (TPSA) is 4.93 Å². The zero-order valence-electron chi connectivity index (χ0n) is 42.1. The van der Waals surface area contributed by atoms with Crippen LogP contribution < -0.4 is 0 Å². The van der Waals surface area contributed by atoms with Crippen molar-refractivity contribution in [1.29, 1.82) is 0 Å². The third-order valence-electron chi connectivity index (χ3n) is 13.7. The molecule has 68 heavy (non-hydrogen) atoms. The molecule has 2 aliphatic rings. The summed E-state index contributed by atoms with van der Waals surface area (Å²) in [4.78, 5) is 0. The lowest BCUT2D eigenvalue weighted by atomic mass is 9.73. The number of nitrogens with zero attached hydrogens (tertiary/aromatic N) is 1. The van der Waals surface area contributed by atoms with Crippen LogP contribution in [0.25, 0.3) is 66.1 Å². The van der Waals surface area contributed by atoms with Crippen molar-refractivity contribution in [3.8, 4) is 27.9 Å². The van der Waals surface area contributed by atoms with Gasteiger partial charge in [-0.15, -0.1) is 0 Å². The minimum absolute atomic E-state index is 0.261. The van der Waals surface area contributed by atoms with E-state index in [9.17, 15) is 0 Å². The molecule has 1 heteroatoms. The fraction of sp³-hybridized carbons (Fsp3) is 0.194. The molecule has 1 heterocycles. The Bertz CT molecular complexity index is 3360. The minimum Gasteiger partial charge on any atom is -0.309 e. The second kappa shape index (κ2) is 20.3. The molecule has 1 nitrogen and oxygen atoms in total. The van der Waals surface area contributed by atoms with Crippen molar-refractivity contribution in [2.45, 2.75) is 88.0 Å². The number of aryl methyl sites for hydroxylation is 5. The maximum Gasteiger partial charge on any atom is 0.0544 e. The molecule has 0 spiro atoms. The molecule has 10 aromatic rings. The molecule has 12 rings (SSSR count). The van der Waals surface area contributed by atoms with Gasteiger partial charge < -0.3 is 4.57 Å². The van der Waals surface area contributed by atoms with Crippen molar-refractivity contribution in [2.75, 3.05) is 0 Å². The smallest absolute Gasteiger partial charge is 0.0544 e. The van der Waals surface area contributed by atoms with E-state index >= 15 is 0 Å². The third kappa shape index (κ3) is 8.75. The van der Waals surface area contributed by atoms with E-state index in [-0.39, 0.29) is 5.41 Å². The number of fused-ring (bicyclic) bond motifs is 11. The molecule has 1 atom stereocenters. The first kappa shape index (κ1) is 47.3. The Hall–Kier alpha value is -7.22. The van der Waals surface area contributed by atoms with Crippen molar-refractivity contribution in [3.05, 3.63) is 250 Å². The molecule has 340 valence electrons. The number of benzene rings is 9. The highest BCUT2D eigenvalue weighted by atomic mass is 15.0. The van der Waals surface area contributed by atoms with Crippen LogP contribution in [0.1, 0.15) is 97.2 Å². The third-order valence-corrected chi connectivity index (χ3v) is 13.7. The molecule has 0 saturated carbocycles. The number of rotatable bonds is 2. The van der Waals surface area contributed by atoms with Gasteiger partial charge >= 0.3 is 0 Å². The van der Waals surface area contributed by atoms with E-state index in [2.05, 4.69) is 229 Å². The van der Waals surface area contributed by atoms with Crippen molar-refractivity contribution in [3.63, 3.8) is 0 Å². The van der Waals surface area contributed by atoms with Gasteiger partial charge in [0.15, 0.2) is 0 Å². The molecule has 0 aliphatic heterocycles. The Morgan fingerprint density at radius 3 is 1.51 bits per heavy atom. The normalized spacial score (nSPS) is 13.9. The average Bonchev–Trinajstić information content (AvgIpc) is 3.77. The molecule has 0 radical (unpaired) electrons. The van der Waals surface area contributed by atoms with Crippen molar-refractivity contribution >= 4 is 38.2 Å². The fourth-order valence-corrected chi connectivity index (χ4v) is 10.3. The molecular formula is C67H67N. The standard InChI is InChI=1S/C39H31N.C17H16.C7H8.2C2H6/c1-24-15-18-35-31(20-24)32-21-25(2)16-19-36(32)40(35)37-23-34-38(29-13-9-8-12-28(29)37)30-17-14-26(3)22-33(30)39(34,4)27-10-6-5-7-11-27;1-12-7-10-16-15-6-4-3-5-14(15)9-8-13(2)17(16)11-12;1-7-5-3-2-4-6-7;2*1-2/h5-23H,1-4H3;3-8,10-11H,9H2,1-2H3;2-6H,1H3;2*1-2H3. The van der Waals surface area contributed by atoms with Gasteiger partial charge in [-0.1, -0.05) is 219 Å². The van der Waals surface area contributed by atoms with Crippen LogP contribution >= 0.6 is 0 Å². The fourth-order valence-electron chi connectivity index (χ4n) is 10.3. The van der Waals surface area contributed by atoms with E-state index in [0.717, 1.165) is 6.42 Å². The molecule has 0 N–H and O–H groups in total. The maximum atomic E-state index is 2.51. The van der Waals surface area contributed by atoms with Crippen LogP contribution in [-0.4, -0.2) is 4.57 Å². The SMILES string of the molecule is CC.CC.CC1=CCc2ccccc2-c2ccc(C)cc21.Cc1ccc2c(c1)C(C)(c1ccccc1)c1cc(-n3c4ccc(C)cc4c4cc(C)ccc43)c3ccccc3c1-2.Cc1ccccc1. The second-order valence-electron chi connectivity index (χ2n) is 18.2. The van der Waals surface area contributed by atoms with Crippen LogP contribution in [0.3, 0.4) is 0 Å². The van der Waals surface area contributed by atoms with Crippen LogP contribution in [-0.2, 0) is 11.8 Å². The van der Waals surface area contributed by atoms with E-state index in [1.807, 2.05) is 45.9 Å². The van der Waals surface area contributed by atoms with E-state index in [0.29, 0.717) is 0 Å². The molecule has 1 unspecified atom stereocenters. The molecule has 9 aromatic carbocycles. The number of allylic oxidation sites excluding steroid dienone is 2. The molecular weight excluding hydrogens is 819 g/mol. The summed E-state index contributed by atoms with van der Waals surface area (Å²) in [6, 6.07) is 69.1. The zero-order chi connectivity index (χ0) is 48.1. The monoisotopic (exact) mass is 886 g/mol. The lowest BCUT2D eigenvalue weighted by Crippen LogP contribution is -2.22. The van der Waals surface area contributed by atoms with E-state index in [4.69, 9.17) is 0 Å². The summed E-state index contributed by atoms with van der Waals surface area (Å²) in [7, 11) is 0. The Balaban J connectivity index is 0.000000183. The Morgan fingerprint density at radius 2 is 0.897 bits per heavy atom. The van der Waals surface area contributed by atoms with Crippen LogP contribution in [0, 0.1) is 34.6 Å². The number of hydrogen-bond donors (Lipinski definition) is 0. The first-order valence-corrected chi connectivity index (χ1v) is 24.7. The molecule has 0 saturated heterocycles. The highest BCUT2D eigenvalue weighted by Gasteiger charge is 2.42. The molecule has 1 aromatic heterocycles. The van der Waals surface area contributed by atoms with Crippen molar-refractivity contribution in [1.82, 2.24) is 4.57 Å². The Kier molecular flexibility index (Phi) is 14.1. The van der Waals surface area contributed by atoms with Crippen LogP contribution in [0.15, 0.2) is 194 Å². The van der Waals surface area contributed by atoms with Gasteiger partial charge in [0.1, 0.15) is 0 Å². The van der Waals surface area contributed by atoms with Crippen molar-refractivity contribution in [2.24, 2.45) is 0 Å². The molecule has 0 bridgehead atoms. The van der Waals surface area contributed by atoms with Gasteiger partial charge in [-0.3, -0.25) is 0 Å². The average molecular weight is 886 g/mol. The summed E-state index contributed by atoms with van der Waals surface area (Å²) in [5, 5.41) is 5.22. The minimum atomic E-state index is -0.261. The predicted molar refractivity (Wildman–Crippen MR) is 298 cm³/mol. The largest absolute Gasteiger partial charge is 0.309 e. The summed E-state index contributed by atoms with van der Waals surface area (Å²) in [5.41, 5.74) is 23.8. The maximum absolute atomic E-state index is 2.51. The van der Waals surface area contributed by atoms with Crippen LogP contribution in [0.2, 0.25) is 0 Å². The first-order valence-electron chi connectivity index (χ1n) is 24.7. The summed E-state index contributed by atoms with van der Waals surface area (Å²) < 4.78 is 2.51. The second-order valence-corrected chi connectivity index (χ2v) is 18.2. The summed E-state index contributed by atoms with van der Waals surface area (Å²) in [6.45, 7) is 23.5. The Morgan fingerprint density at radius 1 is 0.382 bits per heavy atom. The van der Waals surface area contributed by atoms with Gasteiger partial charge in [-0.2, -0.15) is 0 Å². The molecule has 0 fully saturated rings. The summed E-state index contributed by atoms with van der Waals surface area (Å²) in [6.07, 6.45) is 3.37.